The van der Waals surface area contributed by atoms with E-state index >= 15 is 0 Å². The number of anilines is 1. The first kappa shape index (κ1) is 13.3. The van der Waals surface area contributed by atoms with Crippen LogP contribution in [0.15, 0.2) is 18.3 Å². The maximum atomic E-state index is 12.2. The van der Waals surface area contributed by atoms with Crippen LogP contribution in [0.1, 0.15) is 25.8 Å². The molecule has 0 saturated carbocycles. The zero-order valence-electron chi connectivity index (χ0n) is 11.4. The summed E-state index contributed by atoms with van der Waals surface area (Å²) in [6, 6.07) is 3.32. The first-order valence-corrected chi connectivity index (χ1v) is 6.27. The van der Waals surface area contributed by atoms with Crippen molar-refractivity contribution >= 4 is 17.8 Å². The summed E-state index contributed by atoms with van der Waals surface area (Å²) in [7, 11) is 1.78. The van der Waals surface area contributed by atoms with Crippen molar-refractivity contribution in [3.05, 3.63) is 23.9 Å². The van der Waals surface area contributed by atoms with E-state index in [4.69, 9.17) is 0 Å². The Labute approximate surface area is 112 Å². The summed E-state index contributed by atoms with van der Waals surface area (Å²) in [4.78, 5) is 29.5. The fourth-order valence-corrected chi connectivity index (χ4v) is 1.98. The number of aromatic nitrogens is 1. The van der Waals surface area contributed by atoms with Gasteiger partial charge in [0.1, 0.15) is 11.4 Å². The van der Waals surface area contributed by atoms with E-state index in [1.165, 1.54) is 4.90 Å². The van der Waals surface area contributed by atoms with Crippen molar-refractivity contribution < 1.29 is 9.59 Å². The second kappa shape index (κ2) is 4.87. The van der Waals surface area contributed by atoms with Crippen LogP contribution in [-0.2, 0) is 11.3 Å². The second-order valence-electron chi connectivity index (χ2n) is 4.81. The molecule has 1 atom stereocenters. The number of rotatable bonds is 4. The highest BCUT2D eigenvalue weighted by Gasteiger charge is 2.46. The topological polar surface area (TPSA) is 74.3 Å². The van der Waals surface area contributed by atoms with Crippen molar-refractivity contribution in [2.45, 2.75) is 32.4 Å². The van der Waals surface area contributed by atoms with Crippen LogP contribution in [0.25, 0.3) is 0 Å². The normalized spacial score (nSPS) is 22.6. The SMILES string of the molecule is CCC1(C)NC(=O)N(Cc2ccc(NC)nc2)C1=O. The molecule has 6 nitrogen and oxygen atoms in total. The van der Waals surface area contributed by atoms with E-state index in [0.717, 1.165) is 11.4 Å². The van der Waals surface area contributed by atoms with Gasteiger partial charge in [0, 0.05) is 13.2 Å². The predicted molar refractivity (Wildman–Crippen MR) is 71.6 cm³/mol. The number of nitrogens with zero attached hydrogens (tertiary/aromatic N) is 2. The molecule has 1 aliphatic heterocycles. The predicted octanol–water partition coefficient (Wildman–Crippen LogP) is 1.34. The molecule has 2 N–H and O–H groups in total. The highest BCUT2D eigenvalue weighted by Crippen LogP contribution is 2.22. The lowest BCUT2D eigenvalue weighted by atomic mass is 9.99. The van der Waals surface area contributed by atoms with Crippen LogP contribution in [0, 0.1) is 0 Å². The molecule has 1 aromatic heterocycles. The lowest BCUT2D eigenvalue weighted by Gasteiger charge is -2.19. The molecule has 0 aliphatic carbocycles. The molecule has 1 saturated heterocycles. The molecule has 6 heteroatoms. The highest BCUT2D eigenvalue weighted by atomic mass is 16.2. The van der Waals surface area contributed by atoms with Gasteiger partial charge in [0.2, 0.25) is 0 Å². The molecule has 102 valence electrons. The van der Waals surface area contributed by atoms with Gasteiger partial charge in [-0.1, -0.05) is 13.0 Å². The van der Waals surface area contributed by atoms with Gasteiger partial charge in [0.05, 0.1) is 6.54 Å². The number of imide groups is 1. The lowest BCUT2D eigenvalue weighted by molar-refractivity contribution is -0.131. The van der Waals surface area contributed by atoms with Crippen LogP contribution < -0.4 is 10.6 Å². The van der Waals surface area contributed by atoms with Crippen LogP contribution in [0.2, 0.25) is 0 Å². The monoisotopic (exact) mass is 262 g/mol. The number of amides is 3. The molecular weight excluding hydrogens is 244 g/mol. The molecule has 1 aliphatic rings. The summed E-state index contributed by atoms with van der Waals surface area (Å²) in [5.74, 6) is 0.567. The van der Waals surface area contributed by atoms with Crippen molar-refractivity contribution in [2.75, 3.05) is 12.4 Å². The summed E-state index contributed by atoms with van der Waals surface area (Å²) in [5.41, 5.74) is 0.0398. The number of carbonyl (C=O) groups is 2. The summed E-state index contributed by atoms with van der Waals surface area (Å²) in [6.07, 6.45) is 2.24. The highest BCUT2D eigenvalue weighted by molar-refractivity contribution is 6.06. The summed E-state index contributed by atoms with van der Waals surface area (Å²) in [6.45, 7) is 3.87. The zero-order valence-corrected chi connectivity index (χ0v) is 11.4. The van der Waals surface area contributed by atoms with Gasteiger partial charge in [-0.2, -0.15) is 0 Å². The van der Waals surface area contributed by atoms with Gasteiger partial charge in [0.15, 0.2) is 0 Å². The molecule has 3 amide bonds. The number of carbonyl (C=O) groups excluding carboxylic acids is 2. The third kappa shape index (κ3) is 2.38. The van der Waals surface area contributed by atoms with Gasteiger partial charge in [-0.05, 0) is 25.0 Å². The molecule has 1 unspecified atom stereocenters. The summed E-state index contributed by atoms with van der Waals surface area (Å²) < 4.78 is 0. The molecule has 2 heterocycles. The Morgan fingerprint density at radius 1 is 1.42 bits per heavy atom. The average Bonchev–Trinajstić information content (AvgIpc) is 2.64. The van der Waals surface area contributed by atoms with Gasteiger partial charge in [-0.3, -0.25) is 9.69 Å². The van der Waals surface area contributed by atoms with Crippen molar-refractivity contribution in [2.24, 2.45) is 0 Å². The van der Waals surface area contributed by atoms with Gasteiger partial charge in [0.25, 0.3) is 5.91 Å². The number of hydrogen-bond acceptors (Lipinski definition) is 4. The van der Waals surface area contributed by atoms with Crippen LogP contribution >= 0.6 is 0 Å². The number of urea groups is 1. The largest absolute Gasteiger partial charge is 0.373 e. The van der Waals surface area contributed by atoms with E-state index in [2.05, 4.69) is 15.6 Å². The Morgan fingerprint density at radius 2 is 2.16 bits per heavy atom. The van der Waals surface area contributed by atoms with Gasteiger partial charge in [-0.15, -0.1) is 0 Å². The third-order valence-electron chi connectivity index (χ3n) is 3.47. The number of pyridine rings is 1. The first-order chi connectivity index (χ1) is 9.00. The number of hydrogen-bond donors (Lipinski definition) is 2. The lowest BCUT2D eigenvalue weighted by Crippen LogP contribution is -2.43. The molecule has 1 fully saturated rings. The Bertz CT molecular complexity index is 500. The molecule has 0 bridgehead atoms. The van der Waals surface area contributed by atoms with E-state index in [0.29, 0.717) is 6.42 Å². The fraction of sp³-hybridized carbons (Fsp3) is 0.462. The van der Waals surface area contributed by atoms with Crippen LogP contribution in [0.4, 0.5) is 10.6 Å². The van der Waals surface area contributed by atoms with Gasteiger partial charge >= 0.3 is 6.03 Å². The quantitative estimate of drug-likeness (QED) is 0.803. The summed E-state index contributed by atoms with van der Waals surface area (Å²) >= 11 is 0. The minimum atomic E-state index is -0.782. The summed E-state index contributed by atoms with van der Waals surface area (Å²) in [5, 5.41) is 5.64. The van der Waals surface area contributed by atoms with Gasteiger partial charge < -0.3 is 10.6 Å². The van der Waals surface area contributed by atoms with E-state index in [-0.39, 0.29) is 18.5 Å². The van der Waals surface area contributed by atoms with E-state index in [1.54, 1.807) is 20.2 Å². The second-order valence-corrected chi connectivity index (χ2v) is 4.81. The van der Waals surface area contributed by atoms with E-state index in [1.807, 2.05) is 19.1 Å². The minimum Gasteiger partial charge on any atom is -0.373 e. The Hall–Kier alpha value is -2.11. The Balaban J connectivity index is 2.14. The Kier molecular flexibility index (Phi) is 3.42. The van der Waals surface area contributed by atoms with Crippen molar-refractivity contribution in [3.63, 3.8) is 0 Å². The standard InChI is InChI=1S/C13H18N4O2/c1-4-13(2)11(18)17(12(19)16-13)8-9-5-6-10(14-3)15-7-9/h5-7H,4,8H2,1-3H3,(H,14,15)(H,16,19). The number of nitrogens with one attached hydrogen (secondary N) is 2. The molecule has 2 rings (SSSR count). The maximum absolute atomic E-state index is 12.2. The van der Waals surface area contributed by atoms with Crippen LogP contribution in [-0.4, -0.2) is 34.4 Å². The maximum Gasteiger partial charge on any atom is 0.325 e. The Morgan fingerprint density at radius 3 is 2.63 bits per heavy atom. The zero-order chi connectivity index (χ0) is 14.0. The van der Waals surface area contributed by atoms with Crippen molar-refractivity contribution in [3.8, 4) is 0 Å². The molecular formula is C13H18N4O2. The van der Waals surface area contributed by atoms with Crippen molar-refractivity contribution in [1.82, 2.24) is 15.2 Å². The molecule has 19 heavy (non-hydrogen) atoms. The fourth-order valence-electron chi connectivity index (χ4n) is 1.98. The third-order valence-corrected chi connectivity index (χ3v) is 3.47. The minimum absolute atomic E-state index is 0.183. The first-order valence-electron chi connectivity index (χ1n) is 6.27. The van der Waals surface area contributed by atoms with E-state index < -0.39 is 5.54 Å². The molecule has 0 aromatic carbocycles. The average molecular weight is 262 g/mol. The molecule has 0 spiro atoms. The smallest absolute Gasteiger partial charge is 0.325 e. The van der Waals surface area contributed by atoms with Gasteiger partial charge in [-0.25, -0.2) is 9.78 Å². The molecule has 0 radical (unpaired) electrons. The van der Waals surface area contributed by atoms with Crippen LogP contribution in [0.3, 0.4) is 0 Å². The van der Waals surface area contributed by atoms with Crippen molar-refractivity contribution in [1.29, 1.82) is 0 Å². The van der Waals surface area contributed by atoms with Crippen LogP contribution in [0.5, 0.6) is 0 Å². The van der Waals surface area contributed by atoms with E-state index in [9.17, 15) is 9.59 Å². The molecule has 1 aromatic rings.